The molecule has 0 N–H and O–H groups in total. The number of nitrogens with zero attached hydrogens (tertiary/aromatic N) is 2. The Balaban J connectivity index is 2.03. The van der Waals surface area contributed by atoms with Gasteiger partial charge in [0.1, 0.15) is 22.8 Å². The lowest BCUT2D eigenvalue weighted by Gasteiger charge is -2.22. The zero-order chi connectivity index (χ0) is 17.2. The van der Waals surface area contributed by atoms with Gasteiger partial charge in [-0.3, -0.25) is 9.59 Å². The minimum atomic E-state index is -0.576. The number of amides is 1. The third kappa shape index (κ3) is 5.02. The monoisotopic (exact) mass is 372 g/mol. The van der Waals surface area contributed by atoms with E-state index in [-0.39, 0.29) is 12.5 Å². The molecule has 0 aromatic carbocycles. The van der Waals surface area contributed by atoms with E-state index in [4.69, 9.17) is 16.3 Å². The van der Waals surface area contributed by atoms with Crippen molar-refractivity contribution >= 4 is 46.2 Å². The van der Waals surface area contributed by atoms with E-state index < -0.39 is 11.6 Å². The van der Waals surface area contributed by atoms with Crippen molar-refractivity contribution in [3.8, 4) is 9.88 Å². The molecule has 0 atom stereocenters. The maximum Gasteiger partial charge on any atom is 0.326 e. The average molecular weight is 373 g/mol. The van der Waals surface area contributed by atoms with Crippen LogP contribution in [0.15, 0.2) is 17.5 Å². The van der Waals surface area contributed by atoms with Crippen molar-refractivity contribution in [2.75, 3.05) is 13.6 Å². The van der Waals surface area contributed by atoms with Gasteiger partial charge in [0.15, 0.2) is 0 Å². The second-order valence-electron chi connectivity index (χ2n) is 5.89. The molecule has 2 heterocycles. The zero-order valence-corrected chi connectivity index (χ0v) is 15.6. The van der Waals surface area contributed by atoms with Crippen molar-refractivity contribution in [2.24, 2.45) is 0 Å². The highest BCUT2D eigenvalue weighted by molar-refractivity contribution is 7.23. The van der Waals surface area contributed by atoms with Crippen LogP contribution in [0.5, 0.6) is 0 Å². The van der Waals surface area contributed by atoms with Gasteiger partial charge in [-0.25, -0.2) is 4.98 Å². The fourth-order valence-corrected chi connectivity index (χ4v) is 3.66. The summed E-state index contributed by atoms with van der Waals surface area (Å²) in [5.74, 6) is -0.769. The molecule has 124 valence electrons. The van der Waals surface area contributed by atoms with Crippen molar-refractivity contribution in [2.45, 2.75) is 26.4 Å². The standard InChI is InChI=1S/C15H17ClN2O3S2/c1-15(2,3)21-12(19)7-18(4)14(20)9-8-22-13(17-9)10-5-6-11(16)23-10/h5-6,8H,7H2,1-4H3. The van der Waals surface area contributed by atoms with Crippen molar-refractivity contribution < 1.29 is 14.3 Å². The van der Waals surface area contributed by atoms with Gasteiger partial charge in [-0.1, -0.05) is 11.6 Å². The fraction of sp³-hybridized carbons (Fsp3) is 0.400. The van der Waals surface area contributed by atoms with Crippen LogP contribution in [0.3, 0.4) is 0 Å². The number of halogens is 1. The SMILES string of the molecule is CN(CC(=O)OC(C)(C)C)C(=O)c1csc(-c2ccc(Cl)s2)n1. The molecule has 1 amide bonds. The topological polar surface area (TPSA) is 59.5 Å². The highest BCUT2D eigenvalue weighted by Gasteiger charge is 2.22. The van der Waals surface area contributed by atoms with Crippen molar-refractivity contribution in [3.05, 3.63) is 27.5 Å². The summed E-state index contributed by atoms with van der Waals surface area (Å²) in [6.07, 6.45) is 0. The molecule has 0 fully saturated rings. The summed E-state index contributed by atoms with van der Waals surface area (Å²) in [5, 5.41) is 2.41. The third-order valence-electron chi connectivity index (χ3n) is 2.64. The number of hydrogen-bond acceptors (Lipinski definition) is 6. The molecule has 0 spiro atoms. The van der Waals surface area contributed by atoms with Crippen LogP contribution in [0.25, 0.3) is 9.88 Å². The van der Waals surface area contributed by atoms with Crippen LogP contribution in [0.1, 0.15) is 31.3 Å². The van der Waals surface area contributed by atoms with Crippen molar-refractivity contribution in [1.82, 2.24) is 9.88 Å². The van der Waals surface area contributed by atoms with Gasteiger partial charge < -0.3 is 9.64 Å². The molecule has 2 aromatic rings. The summed E-state index contributed by atoms with van der Waals surface area (Å²) < 4.78 is 5.88. The number of esters is 1. The van der Waals surface area contributed by atoms with Crippen LogP contribution >= 0.6 is 34.3 Å². The Morgan fingerprint density at radius 1 is 1.35 bits per heavy atom. The number of aromatic nitrogens is 1. The molecule has 23 heavy (non-hydrogen) atoms. The number of carbonyl (C=O) groups is 2. The average Bonchev–Trinajstić information content (AvgIpc) is 3.03. The molecule has 0 aliphatic carbocycles. The lowest BCUT2D eigenvalue weighted by atomic mass is 10.2. The highest BCUT2D eigenvalue weighted by atomic mass is 35.5. The van der Waals surface area contributed by atoms with E-state index in [1.165, 1.54) is 27.6 Å². The van der Waals surface area contributed by atoms with Crippen LogP contribution in [-0.2, 0) is 9.53 Å². The largest absolute Gasteiger partial charge is 0.459 e. The number of ether oxygens (including phenoxy) is 1. The molecule has 0 aliphatic rings. The first kappa shape index (κ1) is 17.9. The van der Waals surface area contributed by atoms with Gasteiger partial charge in [-0.15, -0.1) is 22.7 Å². The smallest absolute Gasteiger partial charge is 0.326 e. The number of rotatable bonds is 4. The molecule has 0 saturated carbocycles. The van der Waals surface area contributed by atoms with Gasteiger partial charge in [-0.2, -0.15) is 0 Å². The number of thiophene rings is 1. The first-order valence-electron chi connectivity index (χ1n) is 6.84. The summed E-state index contributed by atoms with van der Waals surface area (Å²) in [6, 6.07) is 3.66. The quantitative estimate of drug-likeness (QED) is 0.763. The van der Waals surface area contributed by atoms with Gasteiger partial charge in [0.2, 0.25) is 0 Å². The summed E-state index contributed by atoms with van der Waals surface area (Å²) >= 11 is 8.68. The predicted octanol–water partition coefficient (Wildman–Crippen LogP) is 3.94. The van der Waals surface area contributed by atoms with Crippen LogP contribution in [-0.4, -0.2) is 41.0 Å². The van der Waals surface area contributed by atoms with Crippen LogP contribution in [0.4, 0.5) is 0 Å². The van der Waals surface area contributed by atoms with Crippen molar-refractivity contribution in [1.29, 1.82) is 0 Å². The van der Waals surface area contributed by atoms with E-state index in [0.29, 0.717) is 10.0 Å². The second kappa shape index (κ2) is 6.98. The van der Waals surface area contributed by atoms with E-state index in [0.717, 1.165) is 9.88 Å². The molecular formula is C15H17ClN2O3S2. The van der Waals surface area contributed by atoms with Gasteiger partial charge in [0, 0.05) is 12.4 Å². The van der Waals surface area contributed by atoms with E-state index in [2.05, 4.69) is 4.98 Å². The van der Waals surface area contributed by atoms with E-state index in [1.807, 2.05) is 6.07 Å². The second-order valence-corrected chi connectivity index (χ2v) is 8.46. The first-order valence-corrected chi connectivity index (χ1v) is 8.91. The Labute approximate surface area is 147 Å². The van der Waals surface area contributed by atoms with Crippen LogP contribution in [0.2, 0.25) is 4.34 Å². The molecule has 8 heteroatoms. The van der Waals surface area contributed by atoms with Gasteiger partial charge in [-0.05, 0) is 32.9 Å². The minimum absolute atomic E-state index is 0.117. The van der Waals surface area contributed by atoms with E-state index in [1.54, 1.807) is 39.3 Å². The first-order chi connectivity index (χ1) is 10.7. The van der Waals surface area contributed by atoms with E-state index in [9.17, 15) is 9.59 Å². The summed E-state index contributed by atoms with van der Waals surface area (Å²) in [6.45, 7) is 5.23. The Kier molecular flexibility index (Phi) is 5.44. The van der Waals surface area contributed by atoms with Gasteiger partial charge in [0.25, 0.3) is 5.91 Å². The molecule has 2 rings (SSSR count). The fourth-order valence-electron chi connectivity index (χ4n) is 1.75. The Bertz CT molecular complexity index is 718. The molecule has 0 radical (unpaired) electrons. The summed E-state index contributed by atoms with van der Waals surface area (Å²) in [4.78, 5) is 30.7. The maximum absolute atomic E-state index is 12.3. The number of thiazole rings is 1. The zero-order valence-electron chi connectivity index (χ0n) is 13.3. The third-order valence-corrected chi connectivity index (χ3v) is 4.88. The molecule has 2 aromatic heterocycles. The lowest BCUT2D eigenvalue weighted by molar-refractivity contribution is -0.155. The normalized spacial score (nSPS) is 11.3. The summed E-state index contributed by atoms with van der Waals surface area (Å²) in [5.41, 5.74) is -0.270. The molecule has 0 bridgehead atoms. The molecular weight excluding hydrogens is 356 g/mol. The van der Waals surface area contributed by atoms with E-state index >= 15 is 0 Å². The predicted molar refractivity (Wildman–Crippen MR) is 93.2 cm³/mol. The van der Waals surface area contributed by atoms with Gasteiger partial charge >= 0.3 is 5.97 Å². The number of hydrogen-bond donors (Lipinski definition) is 0. The number of carbonyl (C=O) groups excluding carboxylic acids is 2. The molecule has 0 aliphatic heterocycles. The van der Waals surface area contributed by atoms with Crippen LogP contribution < -0.4 is 0 Å². The molecule has 5 nitrogen and oxygen atoms in total. The molecule has 0 unspecified atom stereocenters. The van der Waals surface area contributed by atoms with Crippen LogP contribution in [0, 0.1) is 0 Å². The lowest BCUT2D eigenvalue weighted by Crippen LogP contribution is -2.36. The summed E-state index contributed by atoms with van der Waals surface area (Å²) in [7, 11) is 1.55. The number of likely N-dealkylation sites (N-methyl/N-ethyl adjacent to an activating group) is 1. The molecule has 0 saturated heterocycles. The Morgan fingerprint density at radius 2 is 2.04 bits per heavy atom. The highest BCUT2D eigenvalue weighted by Crippen LogP contribution is 2.33. The Hall–Kier alpha value is -1.44. The maximum atomic E-state index is 12.3. The van der Waals surface area contributed by atoms with Crippen molar-refractivity contribution in [3.63, 3.8) is 0 Å². The minimum Gasteiger partial charge on any atom is -0.459 e. The van der Waals surface area contributed by atoms with Gasteiger partial charge in [0.05, 0.1) is 9.21 Å². The Morgan fingerprint density at radius 3 is 2.61 bits per heavy atom.